The number of rotatable bonds is 2. The number of amides is 1. The van der Waals surface area contributed by atoms with Gasteiger partial charge in [0.1, 0.15) is 0 Å². The number of fused-ring (bicyclic) bond motifs is 1. The van der Waals surface area contributed by atoms with Gasteiger partial charge in [0.05, 0.1) is 30.0 Å². The highest BCUT2D eigenvalue weighted by atomic mass is 16.5. The van der Waals surface area contributed by atoms with E-state index in [2.05, 4.69) is 5.10 Å². The van der Waals surface area contributed by atoms with Gasteiger partial charge >= 0.3 is 0 Å². The SMILES string of the molecule is Cc1nn(-c2ccc(C(=O)N3CCOCC3)cc2)c(=O)c2ccccc12. The van der Waals surface area contributed by atoms with E-state index in [9.17, 15) is 9.59 Å². The van der Waals surface area contributed by atoms with Crippen LogP contribution in [0.4, 0.5) is 0 Å². The number of carbonyl (C=O) groups excluding carboxylic acids is 1. The Bertz CT molecular complexity index is 1020. The Morgan fingerprint density at radius 1 is 1.00 bits per heavy atom. The average Bonchev–Trinajstić information content (AvgIpc) is 2.71. The summed E-state index contributed by atoms with van der Waals surface area (Å²) in [7, 11) is 0. The van der Waals surface area contributed by atoms with Crippen LogP contribution >= 0.6 is 0 Å². The molecular weight excluding hydrogens is 330 g/mol. The van der Waals surface area contributed by atoms with Gasteiger partial charge in [0.15, 0.2) is 0 Å². The second-order valence-corrected chi connectivity index (χ2v) is 6.30. The average molecular weight is 349 g/mol. The first-order valence-corrected chi connectivity index (χ1v) is 8.61. The maximum absolute atomic E-state index is 12.8. The molecular formula is C20H19N3O3. The zero-order valence-electron chi connectivity index (χ0n) is 14.5. The van der Waals surface area contributed by atoms with Crippen LogP contribution in [0.3, 0.4) is 0 Å². The molecule has 3 aromatic rings. The smallest absolute Gasteiger partial charge is 0.279 e. The van der Waals surface area contributed by atoms with Crippen LogP contribution in [0.15, 0.2) is 53.3 Å². The van der Waals surface area contributed by atoms with E-state index in [0.717, 1.165) is 11.1 Å². The second-order valence-electron chi connectivity index (χ2n) is 6.30. The van der Waals surface area contributed by atoms with Crippen molar-refractivity contribution in [3.63, 3.8) is 0 Å². The summed E-state index contributed by atoms with van der Waals surface area (Å²) in [5.74, 6) is -0.0187. The number of ether oxygens (including phenoxy) is 1. The molecule has 0 aliphatic carbocycles. The van der Waals surface area contributed by atoms with Crippen molar-refractivity contribution in [3.8, 4) is 5.69 Å². The molecule has 6 heteroatoms. The number of morpholine rings is 1. The summed E-state index contributed by atoms with van der Waals surface area (Å²) in [6.07, 6.45) is 0. The quantitative estimate of drug-likeness (QED) is 0.711. The number of aromatic nitrogens is 2. The summed E-state index contributed by atoms with van der Waals surface area (Å²) in [4.78, 5) is 27.1. The minimum Gasteiger partial charge on any atom is -0.378 e. The summed E-state index contributed by atoms with van der Waals surface area (Å²) in [6.45, 7) is 4.23. The highest BCUT2D eigenvalue weighted by Crippen LogP contribution is 2.15. The fraction of sp³-hybridized carbons (Fsp3) is 0.250. The van der Waals surface area contributed by atoms with Crippen molar-refractivity contribution in [1.29, 1.82) is 0 Å². The lowest BCUT2D eigenvalue weighted by Crippen LogP contribution is -2.40. The Morgan fingerprint density at radius 3 is 2.35 bits per heavy atom. The maximum atomic E-state index is 12.8. The molecule has 0 radical (unpaired) electrons. The summed E-state index contributed by atoms with van der Waals surface area (Å²) in [5, 5.41) is 5.92. The van der Waals surface area contributed by atoms with Crippen molar-refractivity contribution in [3.05, 3.63) is 70.1 Å². The first-order chi connectivity index (χ1) is 12.6. The summed E-state index contributed by atoms with van der Waals surface area (Å²) in [5.41, 5.74) is 1.86. The molecule has 0 atom stereocenters. The lowest BCUT2D eigenvalue weighted by molar-refractivity contribution is 0.0303. The molecule has 1 amide bonds. The largest absolute Gasteiger partial charge is 0.378 e. The molecule has 1 saturated heterocycles. The molecule has 6 nitrogen and oxygen atoms in total. The van der Waals surface area contributed by atoms with Crippen molar-refractivity contribution in [2.75, 3.05) is 26.3 Å². The predicted molar refractivity (Wildman–Crippen MR) is 98.8 cm³/mol. The molecule has 0 unspecified atom stereocenters. The molecule has 1 aromatic heterocycles. The molecule has 0 N–H and O–H groups in total. The van der Waals surface area contributed by atoms with E-state index in [4.69, 9.17) is 4.74 Å². The summed E-state index contributed by atoms with van der Waals surface area (Å²) < 4.78 is 6.67. The van der Waals surface area contributed by atoms with Gasteiger partial charge in [-0.05, 0) is 37.3 Å². The van der Waals surface area contributed by atoms with Crippen molar-refractivity contribution in [2.24, 2.45) is 0 Å². The minimum atomic E-state index is -0.168. The second kappa shape index (κ2) is 6.72. The van der Waals surface area contributed by atoms with Crippen LogP contribution < -0.4 is 5.56 Å². The molecule has 132 valence electrons. The van der Waals surface area contributed by atoms with Gasteiger partial charge in [-0.25, -0.2) is 0 Å². The third-order valence-electron chi connectivity index (χ3n) is 4.65. The molecule has 0 bridgehead atoms. The van der Waals surface area contributed by atoms with E-state index in [0.29, 0.717) is 42.9 Å². The zero-order valence-corrected chi connectivity index (χ0v) is 14.5. The highest BCUT2D eigenvalue weighted by molar-refractivity contribution is 5.94. The van der Waals surface area contributed by atoms with Crippen LogP contribution in [0, 0.1) is 6.92 Å². The number of hydrogen-bond donors (Lipinski definition) is 0. The van der Waals surface area contributed by atoms with Crippen LogP contribution in [0.2, 0.25) is 0 Å². The van der Waals surface area contributed by atoms with Gasteiger partial charge in [-0.1, -0.05) is 18.2 Å². The van der Waals surface area contributed by atoms with E-state index in [1.807, 2.05) is 25.1 Å². The first kappa shape index (κ1) is 16.5. The van der Waals surface area contributed by atoms with E-state index in [1.54, 1.807) is 35.2 Å². The summed E-state index contributed by atoms with van der Waals surface area (Å²) >= 11 is 0. The number of aryl methyl sites for hydroxylation is 1. The first-order valence-electron chi connectivity index (χ1n) is 8.61. The topological polar surface area (TPSA) is 64.4 Å². The van der Waals surface area contributed by atoms with Gasteiger partial charge in [0.25, 0.3) is 11.5 Å². The fourth-order valence-electron chi connectivity index (χ4n) is 3.22. The maximum Gasteiger partial charge on any atom is 0.279 e. The van der Waals surface area contributed by atoms with E-state index in [-0.39, 0.29) is 11.5 Å². The minimum absolute atomic E-state index is 0.0187. The Kier molecular flexibility index (Phi) is 4.26. The molecule has 0 spiro atoms. The standard InChI is InChI=1S/C20H19N3O3/c1-14-17-4-2-3-5-18(17)20(25)23(21-14)16-8-6-15(7-9-16)19(24)22-10-12-26-13-11-22/h2-9H,10-13H2,1H3. The molecule has 1 aliphatic heterocycles. The molecule has 1 fully saturated rings. The molecule has 1 aliphatic rings. The van der Waals surface area contributed by atoms with Gasteiger partial charge < -0.3 is 9.64 Å². The Labute approximate surface area is 150 Å². The number of carbonyl (C=O) groups is 1. The van der Waals surface area contributed by atoms with Gasteiger partial charge in [0, 0.05) is 24.0 Å². The number of benzene rings is 2. The summed E-state index contributed by atoms with van der Waals surface area (Å²) in [6, 6.07) is 14.4. The van der Waals surface area contributed by atoms with E-state index < -0.39 is 0 Å². The van der Waals surface area contributed by atoms with Gasteiger partial charge in [0.2, 0.25) is 0 Å². The zero-order chi connectivity index (χ0) is 18.1. The van der Waals surface area contributed by atoms with Crippen LogP contribution in [0.5, 0.6) is 0 Å². The molecule has 0 saturated carbocycles. The van der Waals surface area contributed by atoms with Crippen molar-refractivity contribution in [2.45, 2.75) is 6.92 Å². The third-order valence-corrected chi connectivity index (χ3v) is 4.65. The lowest BCUT2D eigenvalue weighted by Gasteiger charge is -2.26. The molecule has 26 heavy (non-hydrogen) atoms. The van der Waals surface area contributed by atoms with E-state index in [1.165, 1.54) is 4.68 Å². The van der Waals surface area contributed by atoms with Crippen LogP contribution in [0.25, 0.3) is 16.5 Å². The van der Waals surface area contributed by atoms with Gasteiger partial charge in [-0.15, -0.1) is 0 Å². The van der Waals surface area contributed by atoms with E-state index >= 15 is 0 Å². The third kappa shape index (κ3) is 2.88. The van der Waals surface area contributed by atoms with Gasteiger partial charge in [-0.3, -0.25) is 9.59 Å². The van der Waals surface area contributed by atoms with Crippen molar-refractivity contribution >= 4 is 16.7 Å². The fourth-order valence-corrected chi connectivity index (χ4v) is 3.22. The lowest BCUT2D eigenvalue weighted by atomic mass is 10.1. The highest BCUT2D eigenvalue weighted by Gasteiger charge is 2.18. The van der Waals surface area contributed by atoms with Crippen LogP contribution in [0.1, 0.15) is 16.1 Å². The normalized spacial score (nSPS) is 14.6. The molecule has 4 rings (SSSR count). The Balaban J connectivity index is 1.69. The molecule has 2 aromatic carbocycles. The Hall–Kier alpha value is -2.99. The monoisotopic (exact) mass is 349 g/mol. The van der Waals surface area contributed by atoms with Gasteiger partial charge in [-0.2, -0.15) is 9.78 Å². The predicted octanol–water partition coefficient (Wildman–Crippen LogP) is 2.17. The van der Waals surface area contributed by atoms with Crippen LogP contribution in [-0.4, -0.2) is 46.9 Å². The van der Waals surface area contributed by atoms with Crippen molar-refractivity contribution in [1.82, 2.24) is 14.7 Å². The molecule has 2 heterocycles. The Morgan fingerprint density at radius 2 is 1.65 bits per heavy atom. The number of nitrogens with zero attached hydrogens (tertiary/aromatic N) is 3. The van der Waals surface area contributed by atoms with Crippen molar-refractivity contribution < 1.29 is 9.53 Å². The van der Waals surface area contributed by atoms with Crippen LogP contribution in [-0.2, 0) is 4.74 Å². The number of hydrogen-bond acceptors (Lipinski definition) is 4.